The SMILES string of the molecule is CC/C=C\C/C=C\C/C=C\C/C=C\C/C=C\C/C=C\CCC(=O)NC(COP(=O)(O)OCCN)C(O)/C=C/CCCCCCCCCCCCCCCCCCCCC. The van der Waals surface area contributed by atoms with E-state index in [9.17, 15) is 19.4 Å². The minimum Gasteiger partial charge on any atom is -0.387 e. The summed E-state index contributed by atoms with van der Waals surface area (Å²) in [5.74, 6) is -0.278. The number of carbonyl (C=O) groups excluding carboxylic acids is 1. The standard InChI is InChI=1S/C50H89N2O6P/c1-3-5-7-9-11-13-15-17-19-21-23-24-26-27-29-31-33-35-37-39-41-43-49(53)48(47-58-59(55,56)57-46-45-51)52-50(54)44-42-40-38-36-34-32-30-28-25-22-20-18-16-14-12-10-8-6-4-2/h6,8,12,14,18,20,25,28,32,34,38,40-41,43,48-49,53H,3-5,7,9-11,13,15-17,19,21-24,26-27,29-31,33,35-37,39,42,44-47,51H2,1-2H3,(H,52,54)(H,55,56)/b8-6-,14-12-,20-18-,28-25-,34-32-,40-38-,43-41+. The summed E-state index contributed by atoms with van der Waals surface area (Å²) < 4.78 is 22.1. The zero-order valence-electron chi connectivity index (χ0n) is 37.7. The van der Waals surface area contributed by atoms with Gasteiger partial charge >= 0.3 is 7.82 Å². The first kappa shape index (κ1) is 56.7. The molecule has 0 bridgehead atoms. The van der Waals surface area contributed by atoms with E-state index in [0.717, 1.165) is 57.8 Å². The molecule has 5 N–H and O–H groups in total. The molecule has 340 valence electrons. The highest BCUT2D eigenvalue weighted by Crippen LogP contribution is 2.43. The van der Waals surface area contributed by atoms with Crippen molar-refractivity contribution in [3.8, 4) is 0 Å². The third-order valence-corrected chi connectivity index (χ3v) is 11.0. The summed E-state index contributed by atoms with van der Waals surface area (Å²) in [5, 5.41) is 13.7. The van der Waals surface area contributed by atoms with Crippen molar-refractivity contribution in [2.75, 3.05) is 19.8 Å². The summed E-state index contributed by atoms with van der Waals surface area (Å²) in [6.07, 6.45) is 60.8. The Hall–Kier alpha value is -2.32. The van der Waals surface area contributed by atoms with E-state index in [1.54, 1.807) is 6.08 Å². The van der Waals surface area contributed by atoms with Crippen molar-refractivity contribution in [1.29, 1.82) is 0 Å². The van der Waals surface area contributed by atoms with Crippen LogP contribution in [0.25, 0.3) is 0 Å². The summed E-state index contributed by atoms with van der Waals surface area (Å²) in [6, 6.07) is -0.906. The largest absolute Gasteiger partial charge is 0.472 e. The van der Waals surface area contributed by atoms with Gasteiger partial charge in [-0.25, -0.2) is 4.57 Å². The molecule has 0 aromatic rings. The van der Waals surface area contributed by atoms with Crippen LogP contribution in [-0.2, 0) is 18.4 Å². The van der Waals surface area contributed by atoms with Crippen LogP contribution in [0, 0.1) is 0 Å². The van der Waals surface area contributed by atoms with Crippen molar-refractivity contribution in [2.45, 2.75) is 206 Å². The predicted octanol–water partition coefficient (Wildman–Crippen LogP) is 13.8. The van der Waals surface area contributed by atoms with Crippen LogP contribution >= 0.6 is 7.82 Å². The number of phosphoric ester groups is 1. The normalized spacial score (nSPS) is 14.7. The topological polar surface area (TPSA) is 131 Å². The van der Waals surface area contributed by atoms with E-state index in [1.807, 2.05) is 18.2 Å². The molecule has 0 aliphatic heterocycles. The van der Waals surface area contributed by atoms with Gasteiger partial charge in [-0.2, -0.15) is 0 Å². The molecule has 0 aromatic heterocycles. The maximum Gasteiger partial charge on any atom is 0.472 e. The summed E-state index contributed by atoms with van der Waals surface area (Å²) in [4.78, 5) is 22.7. The van der Waals surface area contributed by atoms with Crippen LogP contribution in [-0.4, -0.2) is 47.8 Å². The average molecular weight is 845 g/mol. The third kappa shape index (κ3) is 43.6. The molecule has 0 fully saturated rings. The fourth-order valence-corrected chi connectivity index (χ4v) is 7.21. The van der Waals surface area contributed by atoms with Crippen LogP contribution in [0.5, 0.6) is 0 Å². The number of allylic oxidation sites excluding steroid dienone is 13. The van der Waals surface area contributed by atoms with Gasteiger partial charge in [-0.3, -0.25) is 13.8 Å². The fourth-order valence-electron chi connectivity index (χ4n) is 6.45. The second kappa shape index (κ2) is 45.2. The first-order chi connectivity index (χ1) is 28.9. The number of aliphatic hydroxyl groups excluding tert-OH is 1. The number of rotatable bonds is 43. The lowest BCUT2D eigenvalue weighted by Crippen LogP contribution is -2.45. The Bertz CT molecular complexity index is 1190. The van der Waals surface area contributed by atoms with Gasteiger partial charge in [0.1, 0.15) is 0 Å². The quantitative estimate of drug-likeness (QED) is 0.0273. The molecule has 3 unspecified atom stereocenters. The van der Waals surface area contributed by atoms with E-state index in [4.69, 9.17) is 14.8 Å². The van der Waals surface area contributed by atoms with Crippen molar-refractivity contribution >= 4 is 13.7 Å². The number of hydrogen-bond donors (Lipinski definition) is 4. The summed E-state index contributed by atoms with van der Waals surface area (Å²) >= 11 is 0. The molecule has 0 aliphatic rings. The molecule has 0 saturated carbocycles. The zero-order valence-corrected chi connectivity index (χ0v) is 38.6. The Morgan fingerprint density at radius 1 is 0.576 bits per heavy atom. The van der Waals surface area contributed by atoms with Gasteiger partial charge in [0.05, 0.1) is 25.4 Å². The fraction of sp³-hybridized carbons (Fsp3) is 0.700. The van der Waals surface area contributed by atoms with Gasteiger partial charge in [0.15, 0.2) is 0 Å². The summed E-state index contributed by atoms with van der Waals surface area (Å²) in [7, 11) is -4.37. The molecule has 0 aliphatic carbocycles. The van der Waals surface area contributed by atoms with Gasteiger partial charge in [0, 0.05) is 13.0 Å². The number of nitrogens with two attached hydrogens (primary N) is 1. The third-order valence-electron chi connectivity index (χ3n) is 9.99. The molecule has 59 heavy (non-hydrogen) atoms. The molecule has 0 rings (SSSR count). The van der Waals surface area contributed by atoms with Crippen molar-refractivity contribution < 1.29 is 28.4 Å². The number of hydrogen-bond acceptors (Lipinski definition) is 6. The number of aliphatic hydroxyl groups is 1. The van der Waals surface area contributed by atoms with Gasteiger partial charge < -0.3 is 21.1 Å². The van der Waals surface area contributed by atoms with E-state index >= 15 is 0 Å². The average Bonchev–Trinajstić information content (AvgIpc) is 3.22. The van der Waals surface area contributed by atoms with E-state index in [-0.39, 0.29) is 32.1 Å². The Balaban J connectivity index is 4.29. The Morgan fingerprint density at radius 3 is 1.41 bits per heavy atom. The number of phosphoric acid groups is 1. The number of unbranched alkanes of at least 4 members (excludes halogenated alkanes) is 19. The Labute approximate surface area is 362 Å². The monoisotopic (exact) mass is 845 g/mol. The molecule has 8 nitrogen and oxygen atoms in total. The van der Waals surface area contributed by atoms with Crippen LogP contribution < -0.4 is 11.1 Å². The van der Waals surface area contributed by atoms with Crippen LogP contribution in [0.15, 0.2) is 85.1 Å². The maximum atomic E-state index is 12.8. The second-order valence-electron chi connectivity index (χ2n) is 15.6. The molecule has 1 amide bonds. The molecule has 9 heteroatoms. The number of amides is 1. The van der Waals surface area contributed by atoms with Gasteiger partial charge in [-0.05, 0) is 57.8 Å². The predicted molar refractivity (Wildman–Crippen MR) is 253 cm³/mol. The van der Waals surface area contributed by atoms with Gasteiger partial charge in [-0.1, -0.05) is 214 Å². The minimum atomic E-state index is -4.37. The summed E-state index contributed by atoms with van der Waals surface area (Å²) in [6.45, 7) is 3.96. The molecular weight excluding hydrogens is 756 g/mol. The van der Waals surface area contributed by atoms with Crippen LogP contribution in [0.4, 0.5) is 0 Å². The first-order valence-electron chi connectivity index (χ1n) is 23.7. The number of carbonyl (C=O) groups is 1. The lowest BCUT2D eigenvalue weighted by Gasteiger charge is -2.23. The minimum absolute atomic E-state index is 0.0630. The van der Waals surface area contributed by atoms with Gasteiger partial charge in [0.2, 0.25) is 5.91 Å². The number of nitrogens with one attached hydrogen (secondary N) is 1. The molecule has 0 aromatic carbocycles. The van der Waals surface area contributed by atoms with E-state index < -0.39 is 20.0 Å². The Morgan fingerprint density at radius 2 is 0.983 bits per heavy atom. The van der Waals surface area contributed by atoms with Gasteiger partial charge in [-0.15, -0.1) is 0 Å². The van der Waals surface area contributed by atoms with Crippen molar-refractivity contribution in [3.63, 3.8) is 0 Å². The Kier molecular flexibility index (Phi) is 43.4. The molecule has 3 atom stereocenters. The van der Waals surface area contributed by atoms with Crippen molar-refractivity contribution in [2.24, 2.45) is 5.73 Å². The first-order valence-corrected chi connectivity index (χ1v) is 25.2. The molecular formula is C50H89N2O6P. The molecule has 0 spiro atoms. The van der Waals surface area contributed by atoms with Gasteiger partial charge in [0.25, 0.3) is 0 Å². The van der Waals surface area contributed by atoms with Crippen molar-refractivity contribution in [3.05, 3.63) is 85.1 Å². The highest BCUT2D eigenvalue weighted by atomic mass is 31.2. The molecule has 0 heterocycles. The highest BCUT2D eigenvalue weighted by Gasteiger charge is 2.26. The lowest BCUT2D eigenvalue weighted by molar-refractivity contribution is -0.122. The van der Waals surface area contributed by atoms with Crippen LogP contribution in [0.1, 0.15) is 194 Å². The van der Waals surface area contributed by atoms with E-state index in [0.29, 0.717) is 6.42 Å². The van der Waals surface area contributed by atoms with Crippen molar-refractivity contribution in [1.82, 2.24) is 5.32 Å². The maximum absolute atomic E-state index is 12.8. The lowest BCUT2D eigenvalue weighted by atomic mass is 10.0. The zero-order chi connectivity index (χ0) is 43.2. The van der Waals surface area contributed by atoms with E-state index in [2.05, 4.69) is 79.9 Å². The summed E-state index contributed by atoms with van der Waals surface area (Å²) in [5.41, 5.74) is 5.38. The highest BCUT2D eigenvalue weighted by molar-refractivity contribution is 7.47. The van der Waals surface area contributed by atoms with Crippen LogP contribution in [0.3, 0.4) is 0 Å². The van der Waals surface area contributed by atoms with Crippen LogP contribution in [0.2, 0.25) is 0 Å². The second-order valence-corrected chi connectivity index (χ2v) is 17.0. The van der Waals surface area contributed by atoms with E-state index in [1.165, 1.54) is 109 Å². The smallest absolute Gasteiger partial charge is 0.387 e. The molecule has 0 radical (unpaired) electrons. The molecule has 0 saturated heterocycles.